The molecule has 3 rings (SSSR count). The number of rotatable bonds is 3. The molecule has 0 spiro atoms. The summed E-state index contributed by atoms with van der Waals surface area (Å²) in [6.45, 7) is 5.32. The van der Waals surface area contributed by atoms with E-state index in [1.807, 2.05) is 36.3 Å². The van der Waals surface area contributed by atoms with E-state index in [2.05, 4.69) is 9.97 Å². The molecule has 0 unspecified atom stereocenters. The fraction of sp³-hybridized carbons (Fsp3) is 0.438. The summed E-state index contributed by atoms with van der Waals surface area (Å²) in [7, 11) is 0. The lowest BCUT2D eigenvalue weighted by Gasteiger charge is -2.35. The van der Waals surface area contributed by atoms with E-state index in [0.29, 0.717) is 19.5 Å². The molecule has 0 bridgehead atoms. The Hall–Kier alpha value is -1.79. The van der Waals surface area contributed by atoms with Crippen molar-refractivity contribution in [3.05, 3.63) is 35.6 Å². The van der Waals surface area contributed by atoms with Crippen molar-refractivity contribution in [3.8, 4) is 10.6 Å². The number of amides is 1. The van der Waals surface area contributed by atoms with Crippen molar-refractivity contribution in [1.29, 1.82) is 0 Å². The molecular formula is C16H19N3O2S. The van der Waals surface area contributed by atoms with Gasteiger partial charge in [0.15, 0.2) is 0 Å². The molecule has 1 fully saturated rings. The van der Waals surface area contributed by atoms with Crippen molar-refractivity contribution in [1.82, 2.24) is 14.9 Å². The number of thiazole rings is 1. The van der Waals surface area contributed by atoms with Gasteiger partial charge in [0.2, 0.25) is 5.91 Å². The molecule has 3 heterocycles. The SMILES string of the molecule is C[C@H]1CN(C(=O)Cc2csc(-c3ccncc3)n2)C[C@H](C)O1. The maximum Gasteiger partial charge on any atom is 0.228 e. The molecule has 2 aromatic rings. The number of pyridine rings is 1. The van der Waals surface area contributed by atoms with Crippen LogP contribution < -0.4 is 0 Å². The number of nitrogens with zero attached hydrogens (tertiary/aromatic N) is 3. The molecule has 2 atom stereocenters. The standard InChI is InChI=1S/C16H19N3O2S/c1-11-8-19(9-12(2)21-11)15(20)7-14-10-22-16(18-14)13-3-5-17-6-4-13/h3-6,10-12H,7-9H2,1-2H3/t11-,12-/m0/s1. The molecule has 22 heavy (non-hydrogen) atoms. The molecule has 1 amide bonds. The number of hydrogen-bond acceptors (Lipinski definition) is 5. The van der Waals surface area contributed by atoms with Gasteiger partial charge in [0, 0.05) is 36.4 Å². The summed E-state index contributed by atoms with van der Waals surface area (Å²) in [6, 6.07) is 3.85. The van der Waals surface area contributed by atoms with Crippen LogP contribution in [0.2, 0.25) is 0 Å². The van der Waals surface area contributed by atoms with Gasteiger partial charge in [-0.25, -0.2) is 4.98 Å². The number of morpholine rings is 1. The van der Waals surface area contributed by atoms with Crippen LogP contribution in [0.3, 0.4) is 0 Å². The van der Waals surface area contributed by atoms with Crippen LogP contribution in [-0.4, -0.2) is 46.1 Å². The van der Waals surface area contributed by atoms with Gasteiger partial charge in [-0.05, 0) is 26.0 Å². The predicted octanol–water partition coefficient (Wildman–Crippen LogP) is 2.38. The summed E-state index contributed by atoms with van der Waals surface area (Å²) in [6.07, 6.45) is 4.03. The summed E-state index contributed by atoms with van der Waals surface area (Å²) in [5, 5.41) is 2.88. The molecule has 1 aliphatic rings. The van der Waals surface area contributed by atoms with E-state index < -0.39 is 0 Å². The Morgan fingerprint density at radius 2 is 2.00 bits per heavy atom. The Kier molecular flexibility index (Phi) is 4.49. The Bertz CT molecular complexity index is 634. The lowest BCUT2D eigenvalue weighted by atomic mass is 10.2. The Morgan fingerprint density at radius 1 is 1.32 bits per heavy atom. The Morgan fingerprint density at radius 3 is 2.68 bits per heavy atom. The van der Waals surface area contributed by atoms with Gasteiger partial charge < -0.3 is 9.64 Å². The smallest absolute Gasteiger partial charge is 0.228 e. The van der Waals surface area contributed by atoms with Crippen molar-refractivity contribution >= 4 is 17.2 Å². The molecular weight excluding hydrogens is 298 g/mol. The summed E-state index contributed by atoms with van der Waals surface area (Å²) in [5.41, 5.74) is 1.86. The van der Waals surface area contributed by atoms with Gasteiger partial charge in [-0.15, -0.1) is 11.3 Å². The van der Waals surface area contributed by atoms with Gasteiger partial charge in [-0.2, -0.15) is 0 Å². The highest BCUT2D eigenvalue weighted by Gasteiger charge is 2.26. The van der Waals surface area contributed by atoms with E-state index >= 15 is 0 Å². The molecule has 1 aliphatic heterocycles. The maximum atomic E-state index is 12.4. The third-order valence-electron chi connectivity index (χ3n) is 3.58. The van der Waals surface area contributed by atoms with Crippen molar-refractivity contribution in [2.24, 2.45) is 0 Å². The van der Waals surface area contributed by atoms with Crippen LogP contribution in [0, 0.1) is 0 Å². The quantitative estimate of drug-likeness (QED) is 0.872. The van der Waals surface area contributed by atoms with E-state index in [9.17, 15) is 4.79 Å². The summed E-state index contributed by atoms with van der Waals surface area (Å²) < 4.78 is 5.67. The number of hydrogen-bond donors (Lipinski definition) is 0. The average molecular weight is 317 g/mol. The van der Waals surface area contributed by atoms with E-state index in [4.69, 9.17) is 4.74 Å². The second kappa shape index (κ2) is 6.54. The number of aromatic nitrogens is 2. The van der Waals surface area contributed by atoms with Crippen molar-refractivity contribution in [2.45, 2.75) is 32.5 Å². The Labute approximate surface area is 134 Å². The minimum atomic E-state index is 0.0931. The molecule has 116 valence electrons. The zero-order valence-corrected chi connectivity index (χ0v) is 13.5. The van der Waals surface area contributed by atoms with Gasteiger partial charge in [-0.1, -0.05) is 0 Å². The van der Waals surface area contributed by atoms with Crippen LogP contribution in [-0.2, 0) is 16.0 Å². The maximum absolute atomic E-state index is 12.4. The van der Waals surface area contributed by atoms with Crippen molar-refractivity contribution in [3.63, 3.8) is 0 Å². The first-order chi connectivity index (χ1) is 10.6. The average Bonchev–Trinajstić information content (AvgIpc) is 2.95. The third kappa shape index (κ3) is 3.51. The predicted molar refractivity (Wildman–Crippen MR) is 85.6 cm³/mol. The summed E-state index contributed by atoms with van der Waals surface area (Å²) >= 11 is 1.56. The second-order valence-corrected chi connectivity index (χ2v) is 6.47. The highest BCUT2D eigenvalue weighted by atomic mass is 32.1. The second-order valence-electron chi connectivity index (χ2n) is 5.61. The van der Waals surface area contributed by atoms with Crippen LogP contribution in [0.25, 0.3) is 10.6 Å². The molecule has 0 aromatic carbocycles. The Balaban J connectivity index is 1.66. The topological polar surface area (TPSA) is 55.3 Å². The largest absolute Gasteiger partial charge is 0.372 e. The van der Waals surface area contributed by atoms with Gasteiger partial charge in [0.25, 0.3) is 0 Å². The van der Waals surface area contributed by atoms with Crippen LogP contribution >= 0.6 is 11.3 Å². The molecule has 1 saturated heterocycles. The van der Waals surface area contributed by atoms with Crippen LogP contribution in [0.4, 0.5) is 0 Å². The number of carbonyl (C=O) groups excluding carboxylic acids is 1. The lowest BCUT2D eigenvalue weighted by Crippen LogP contribution is -2.48. The monoisotopic (exact) mass is 317 g/mol. The van der Waals surface area contributed by atoms with Gasteiger partial charge in [0.05, 0.1) is 24.3 Å². The molecule has 2 aromatic heterocycles. The van der Waals surface area contributed by atoms with Crippen LogP contribution in [0.15, 0.2) is 29.9 Å². The first-order valence-electron chi connectivity index (χ1n) is 7.40. The fourth-order valence-corrected chi connectivity index (χ4v) is 3.49. The third-order valence-corrected chi connectivity index (χ3v) is 4.52. The molecule has 6 heteroatoms. The van der Waals surface area contributed by atoms with Crippen molar-refractivity contribution < 1.29 is 9.53 Å². The van der Waals surface area contributed by atoms with Crippen LogP contribution in [0.1, 0.15) is 19.5 Å². The van der Waals surface area contributed by atoms with E-state index in [1.165, 1.54) is 0 Å². The summed E-state index contributed by atoms with van der Waals surface area (Å²) in [5.74, 6) is 0.119. The van der Waals surface area contributed by atoms with E-state index in [-0.39, 0.29) is 18.1 Å². The lowest BCUT2D eigenvalue weighted by molar-refractivity contribution is -0.142. The van der Waals surface area contributed by atoms with Crippen molar-refractivity contribution in [2.75, 3.05) is 13.1 Å². The number of ether oxygens (including phenoxy) is 1. The molecule has 0 aliphatic carbocycles. The first kappa shape index (κ1) is 15.1. The normalized spacial score (nSPS) is 21.8. The first-order valence-corrected chi connectivity index (χ1v) is 8.28. The number of carbonyl (C=O) groups is 1. The molecule has 0 saturated carbocycles. The van der Waals surface area contributed by atoms with Crippen LogP contribution in [0.5, 0.6) is 0 Å². The zero-order chi connectivity index (χ0) is 15.5. The highest BCUT2D eigenvalue weighted by molar-refractivity contribution is 7.13. The van der Waals surface area contributed by atoms with E-state index in [1.54, 1.807) is 23.7 Å². The molecule has 0 N–H and O–H groups in total. The molecule has 0 radical (unpaired) electrons. The van der Waals surface area contributed by atoms with Gasteiger partial charge in [-0.3, -0.25) is 9.78 Å². The van der Waals surface area contributed by atoms with Gasteiger partial charge in [0.1, 0.15) is 5.01 Å². The summed E-state index contributed by atoms with van der Waals surface area (Å²) in [4.78, 5) is 22.9. The minimum absolute atomic E-state index is 0.0931. The highest BCUT2D eigenvalue weighted by Crippen LogP contribution is 2.23. The fourth-order valence-electron chi connectivity index (χ4n) is 2.66. The van der Waals surface area contributed by atoms with Gasteiger partial charge >= 0.3 is 0 Å². The van der Waals surface area contributed by atoms with E-state index in [0.717, 1.165) is 16.3 Å². The molecule has 5 nitrogen and oxygen atoms in total. The zero-order valence-electron chi connectivity index (χ0n) is 12.7. The minimum Gasteiger partial charge on any atom is -0.372 e.